The molecule has 0 radical (unpaired) electrons. The van der Waals surface area contributed by atoms with Crippen LogP contribution in [0.15, 0.2) is 0 Å². The van der Waals surface area contributed by atoms with Gasteiger partial charge in [0, 0.05) is 19.6 Å². The maximum atomic E-state index is 11.6. The molecule has 0 bridgehead atoms. The molecule has 0 unspecified atom stereocenters. The molecule has 0 saturated heterocycles. The Labute approximate surface area is 156 Å². The summed E-state index contributed by atoms with van der Waals surface area (Å²) in [5.74, 6) is 0.202. The number of carbonyl (C=O) groups excluding carboxylic acids is 1. The van der Waals surface area contributed by atoms with Crippen LogP contribution in [0.3, 0.4) is 0 Å². The zero-order valence-electron chi connectivity index (χ0n) is 16.9. The third-order valence-corrected chi connectivity index (χ3v) is 4.77. The van der Waals surface area contributed by atoms with Crippen LogP contribution in [0.2, 0.25) is 0 Å². The molecule has 0 atom stereocenters. The molecule has 0 heterocycles. The predicted octanol–water partition coefficient (Wildman–Crippen LogP) is 6.22. The Balaban J connectivity index is 3.08. The van der Waals surface area contributed by atoms with Crippen LogP contribution in [0.5, 0.6) is 0 Å². The number of rotatable bonds is 21. The molecule has 1 N–H and O–H groups in total. The van der Waals surface area contributed by atoms with Gasteiger partial charge >= 0.3 is 0 Å². The number of aliphatic hydroxyl groups is 1. The molecule has 0 rings (SSSR count). The van der Waals surface area contributed by atoms with Gasteiger partial charge in [-0.25, -0.2) is 0 Å². The van der Waals surface area contributed by atoms with E-state index in [1.807, 2.05) is 0 Å². The second kappa shape index (κ2) is 21.6. The van der Waals surface area contributed by atoms with Crippen molar-refractivity contribution >= 4 is 5.78 Å². The van der Waals surface area contributed by atoms with E-state index in [2.05, 4.69) is 6.92 Å². The van der Waals surface area contributed by atoms with E-state index in [-0.39, 0.29) is 19.0 Å². The Morgan fingerprint density at radius 2 is 1.12 bits per heavy atom. The Morgan fingerprint density at radius 3 is 1.56 bits per heavy atom. The summed E-state index contributed by atoms with van der Waals surface area (Å²) in [4.78, 5) is 11.6. The van der Waals surface area contributed by atoms with Crippen LogP contribution in [0.25, 0.3) is 0 Å². The topological polar surface area (TPSA) is 46.5 Å². The standard InChI is InChI=1S/C22H44O3/c1-2-3-4-5-6-7-8-9-10-11-12-13-14-15-16-18-22(24)21-25-20-17-19-23/h23H,2-21H2,1H3. The number of carbonyl (C=O) groups is 1. The second-order valence-electron chi connectivity index (χ2n) is 7.37. The fourth-order valence-corrected chi connectivity index (χ4v) is 3.12. The van der Waals surface area contributed by atoms with Crippen molar-refractivity contribution in [3.63, 3.8) is 0 Å². The van der Waals surface area contributed by atoms with Crippen LogP contribution in [0.1, 0.15) is 116 Å². The Bertz CT molecular complexity index is 266. The predicted molar refractivity (Wildman–Crippen MR) is 107 cm³/mol. The van der Waals surface area contributed by atoms with Crippen LogP contribution in [-0.4, -0.2) is 30.7 Å². The lowest BCUT2D eigenvalue weighted by Crippen LogP contribution is -2.09. The molecule has 0 aromatic heterocycles. The van der Waals surface area contributed by atoms with E-state index in [0.717, 1.165) is 6.42 Å². The van der Waals surface area contributed by atoms with E-state index in [1.165, 1.54) is 89.9 Å². The third kappa shape index (κ3) is 21.5. The molecule has 3 heteroatoms. The van der Waals surface area contributed by atoms with Crippen molar-refractivity contribution in [3.8, 4) is 0 Å². The summed E-state index contributed by atoms with van der Waals surface area (Å²) in [6.45, 7) is 3.12. The SMILES string of the molecule is CCCCCCCCCCCCCCCCCC(=O)COCCCO. The highest BCUT2D eigenvalue weighted by molar-refractivity contribution is 5.79. The highest BCUT2D eigenvalue weighted by atomic mass is 16.5. The van der Waals surface area contributed by atoms with E-state index in [1.54, 1.807) is 0 Å². The Morgan fingerprint density at radius 1 is 0.680 bits per heavy atom. The van der Waals surface area contributed by atoms with Crippen LogP contribution in [-0.2, 0) is 9.53 Å². The van der Waals surface area contributed by atoms with E-state index >= 15 is 0 Å². The number of ketones is 1. The van der Waals surface area contributed by atoms with E-state index < -0.39 is 0 Å². The average molecular weight is 357 g/mol. The second-order valence-corrected chi connectivity index (χ2v) is 7.37. The molecule has 0 saturated carbocycles. The molecule has 0 aliphatic carbocycles. The molecular formula is C22H44O3. The lowest BCUT2D eigenvalue weighted by Gasteiger charge is -2.04. The normalized spacial score (nSPS) is 11.1. The molecule has 0 fully saturated rings. The maximum absolute atomic E-state index is 11.6. The van der Waals surface area contributed by atoms with Crippen molar-refractivity contribution in [2.75, 3.05) is 19.8 Å². The molecule has 0 aromatic carbocycles. The zero-order chi connectivity index (χ0) is 18.4. The fourth-order valence-electron chi connectivity index (χ4n) is 3.12. The van der Waals surface area contributed by atoms with E-state index in [0.29, 0.717) is 19.4 Å². The van der Waals surface area contributed by atoms with Gasteiger partial charge in [0.2, 0.25) is 0 Å². The molecular weight excluding hydrogens is 312 g/mol. The van der Waals surface area contributed by atoms with Gasteiger partial charge in [-0.1, -0.05) is 96.8 Å². The zero-order valence-corrected chi connectivity index (χ0v) is 16.9. The summed E-state index contributed by atoms with van der Waals surface area (Å²) >= 11 is 0. The fraction of sp³-hybridized carbons (Fsp3) is 0.955. The van der Waals surface area contributed by atoms with Crippen LogP contribution in [0.4, 0.5) is 0 Å². The molecule has 0 amide bonds. The Kier molecular flexibility index (Phi) is 21.3. The molecule has 25 heavy (non-hydrogen) atoms. The van der Waals surface area contributed by atoms with E-state index in [9.17, 15) is 4.79 Å². The minimum absolute atomic E-state index is 0.132. The quantitative estimate of drug-likeness (QED) is 0.248. The number of hydrogen-bond acceptors (Lipinski definition) is 3. The monoisotopic (exact) mass is 356 g/mol. The summed E-state index contributed by atoms with van der Waals surface area (Å²) in [5, 5.41) is 8.62. The van der Waals surface area contributed by atoms with Crippen molar-refractivity contribution in [1.82, 2.24) is 0 Å². The van der Waals surface area contributed by atoms with Crippen molar-refractivity contribution in [2.45, 2.75) is 116 Å². The summed E-state index contributed by atoms with van der Waals surface area (Å²) in [5.41, 5.74) is 0. The van der Waals surface area contributed by atoms with Gasteiger partial charge in [-0.2, -0.15) is 0 Å². The molecule has 150 valence electrons. The first kappa shape index (κ1) is 24.6. The van der Waals surface area contributed by atoms with Gasteiger partial charge in [-0.15, -0.1) is 0 Å². The van der Waals surface area contributed by atoms with Crippen molar-refractivity contribution in [2.24, 2.45) is 0 Å². The largest absolute Gasteiger partial charge is 0.396 e. The first-order valence-corrected chi connectivity index (χ1v) is 11.0. The minimum Gasteiger partial charge on any atom is -0.396 e. The van der Waals surface area contributed by atoms with Gasteiger partial charge in [-0.05, 0) is 12.8 Å². The van der Waals surface area contributed by atoms with Crippen molar-refractivity contribution in [1.29, 1.82) is 0 Å². The number of Topliss-reactive ketones (excluding diaryl/α,β-unsaturated/α-hetero) is 1. The van der Waals surface area contributed by atoms with Crippen LogP contribution < -0.4 is 0 Å². The maximum Gasteiger partial charge on any atom is 0.158 e. The molecule has 0 aliphatic heterocycles. The lowest BCUT2D eigenvalue weighted by molar-refractivity contribution is -0.123. The molecule has 0 aliphatic rings. The number of hydrogen-bond donors (Lipinski definition) is 1. The van der Waals surface area contributed by atoms with Gasteiger partial charge in [0.05, 0.1) is 0 Å². The summed E-state index contributed by atoms with van der Waals surface area (Å²) in [6, 6.07) is 0. The Hall–Kier alpha value is -0.410. The minimum atomic E-state index is 0.132. The van der Waals surface area contributed by atoms with E-state index in [4.69, 9.17) is 9.84 Å². The summed E-state index contributed by atoms with van der Waals surface area (Å²) < 4.78 is 5.20. The smallest absolute Gasteiger partial charge is 0.158 e. The third-order valence-electron chi connectivity index (χ3n) is 4.77. The van der Waals surface area contributed by atoms with Crippen molar-refractivity contribution < 1.29 is 14.6 Å². The molecule has 3 nitrogen and oxygen atoms in total. The van der Waals surface area contributed by atoms with Gasteiger partial charge in [0.1, 0.15) is 6.61 Å². The van der Waals surface area contributed by atoms with Gasteiger partial charge < -0.3 is 9.84 Å². The molecule has 0 aromatic rings. The van der Waals surface area contributed by atoms with Gasteiger partial charge in [0.25, 0.3) is 0 Å². The number of ether oxygens (including phenoxy) is 1. The first-order valence-electron chi connectivity index (χ1n) is 11.0. The highest BCUT2D eigenvalue weighted by Crippen LogP contribution is 2.13. The highest BCUT2D eigenvalue weighted by Gasteiger charge is 2.01. The van der Waals surface area contributed by atoms with Gasteiger partial charge in [0.15, 0.2) is 5.78 Å². The first-order chi connectivity index (χ1) is 12.3. The number of aliphatic hydroxyl groups excluding tert-OH is 1. The van der Waals surface area contributed by atoms with Gasteiger partial charge in [-0.3, -0.25) is 4.79 Å². The molecule has 0 spiro atoms. The summed E-state index contributed by atoms with van der Waals surface area (Å²) in [7, 11) is 0. The average Bonchev–Trinajstić information content (AvgIpc) is 2.62. The van der Waals surface area contributed by atoms with Crippen LogP contribution in [0, 0.1) is 0 Å². The van der Waals surface area contributed by atoms with Crippen molar-refractivity contribution in [3.05, 3.63) is 0 Å². The lowest BCUT2D eigenvalue weighted by atomic mass is 10.0. The number of unbranched alkanes of at least 4 members (excludes halogenated alkanes) is 14. The summed E-state index contributed by atoms with van der Waals surface area (Å²) in [6.07, 6.45) is 21.5. The van der Waals surface area contributed by atoms with Crippen LogP contribution >= 0.6 is 0 Å².